The monoisotopic (exact) mass is 196 g/mol. The van der Waals surface area contributed by atoms with Crippen molar-refractivity contribution in [3.05, 3.63) is 23.8 Å². The summed E-state index contributed by atoms with van der Waals surface area (Å²) in [7, 11) is 1.79. The van der Waals surface area contributed by atoms with Crippen LogP contribution in [0.3, 0.4) is 0 Å². The number of ether oxygens (including phenoxy) is 1. The van der Waals surface area contributed by atoms with Crippen molar-refractivity contribution in [2.45, 2.75) is 46.6 Å². The summed E-state index contributed by atoms with van der Waals surface area (Å²) in [5.74, 6) is 0.492. The maximum atomic E-state index is 5.40. The minimum absolute atomic E-state index is 0.347. The molecule has 0 aliphatic rings. The van der Waals surface area contributed by atoms with E-state index >= 15 is 0 Å². The summed E-state index contributed by atoms with van der Waals surface area (Å²) >= 11 is 0. The van der Waals surface area contributed by atoms with Crippen molar-refractivity contribution >= 4 is 0 Å². The second-order valence-corrected chi connectivity index (χ2v) is 3.76. The van der Waals surface area contributed by atoms with Crippen LogP contribution in [0.1, 0.15) is 40.5 Å². The van der Waals surface area contributed by atoms with Crippen LogP contribution in [0.2, 0.25) is 0 Å². The first-order valence-corrected chi connectivity index (χ1v) is 5.53. The lowest BCUT2D eigenvalue weighted by molar-refractivity contribution is 0.0712. The van der Waals surface area contributed by atoms with Crippen LogP contribution < -0.4 is 0 Å². The minimum atomic E-state index is 0.347. The summed E-state index contributed by atoms with van der Waals surface area (Å²) in [6, 6.07) is 0. The molecular weight excluding hydrogens is 172 g/mol. The predicted molar refractivity (Wildman–Crippen MR) is 63.4 cm³/mol. The molecule has 1 heteroatoms. The summed E-state index contributed by atoms with van der Waals surface area (Å²) in [5.41, 5.74) is 1.33. The Balaban J connectivity index is 4.24. The highest BCUT2D eigenvalue weighted by Crippen LogP contribution is 2.14. The third kappa shape index (κ3) is 5.23. The van der Waals surface area contributed by atoms with Gasteiger partial charge in [0.2, 0.25) is 0 Å². The maximum Gasteiger partial charge on any atom is 0.0628 e. The SMILES string of the molecule is CC/C=C/C(C)=C/C(C)C(CC)OC. The number of methoxy groups -OCH3 is 1. The fraction of sp³-hybridized carbons (Fsp3) is 0.692. The number of hydrogen-bond acceptors (Lipinski definition) is 1. The molecule has 0 aliphatic heterocycles. The van der Waals surface area contributed by atoms with Crippen LogP contribution in [0.15, 0.2) is 23.8 Å². The summed E-state index contributed by atoms with van der Waals surface area (Å²) < 4.78 is 5.40. The second-order valence-electron chi connectivity index (χ2n) is 3.76. The molecule has 14 heavy (non-hydrogen) atoms. The first kappa shape index (κ1) is 13.4. The Hall–Kier alpha value is -0.560. The van der Waals surface area contributed by atoms with E-state index in [4.69, 9.17) is 4.74 Å². The van der Waals surface area contributed by atoms with Gasteiger partial charge in [0.05, 0.1) is 6.10 Å². The fourth-order valence-corrected chi connectivity index (χ4v) is 1.63. The molecule has 0 spiro atoms. The average molecular weight is 196 g/mol. The zero-order valence-corrected chi connectivity index (χ0v) is 10.2. The van der Waals surface area contributed by atoms with E-state index < -0.39 is 0 Å². The van der Waals surface area contributed by atoms with Crippen molar-refractivity contribution in [2.75, 3.05) is 7.11 Å². The van der Waals surface area contributed by atoms with Crippen molar-refractivity contribution in [1.82, 2.24) is 0 Å². The zero-order chi connectivity index (χ0) is 11.0. The van der Waals surface area contributed by atoms with Gasteiger partial charge >= 0.3 is 0 Å². The predicted octanol–water partition coefficient (Wildman–Crippen LogP) is 3.96. The molecule has 2 unspecified atom stereocenters. The van der Waals surface area contributed by atoms with Crippen molar-refractivity contribution < 1.29 is 4.74 Å². The van der Waals surface area contributed by atoms with Gasteiger partial charge in [-0.25, -0.2) is 0 Å². The largest absolute Gasteiger partial charge is 0.381 e. The Morgan fingerprint density at radius 3 is 2.43 bits per heavy atom. The quantitative estimate of drug-likeness (QED) is 0.584. The number of hydrogen-bond donors (Lipinski definition) is 0. The van der Waals surface area contributed by atoms with Gasteiger partial charge in [0.1, 0.15) is 0 Å². The van der Waals surface area contributed by atoms with E-state index in [-0.39, 0.29) is 0 Å². The first-order valence-electron chi connectivity index (χ1n) is 5.53. The Bertz CT molecular complexity index is 187. The molecule has 82 valence electrons. The summed E-state index contributed by atoms with van der Waals surface area (Å²) in [6.07, 6.45) is 9.16. The topological polar surface area (TPSA) is 9.23 Å². The van der Waals surface area contributed by atoms with Gasteiger partial charge in [-0.3, -0.25) is 0 Å². The lowest BCUT2D eigenvalue weighted by Crippen LogP contribution is -2.17. The molecule has 0 amide bonds. The molecule has 0 radical (unpaired) electrons. The molecule has 0 N–H and O–H groups in total. The Kier molecular flexibility index (Phi) is 7.50. The van der Waals surface area contributed by atoms with Crippen molar-refractivity contribution in [2.24, 2.45) is 5.92 Å². The second kappa shape index (κ2) is 7.81. The molecule has 0 bridgehead atoms. The van der Waals surface area contributed by atoms with Gasteiger partial charge < -0.3 is 4.74 Å². The lowest BCUT2D eigenvalue weighted by Gasteiger charge is -2.18. The molecular formula is C13H24O. The van der Waals surface area contributed by atoms with E-state index in [1.165, 1.54) is 5.57 Å². The van der Waals surface area contributed by atoms with Gasteiger partial charge in [-0.05, 0) is 19.8 Å². The van der Waals surface area contributed by atoms with Crippen LogP contribution in [0.4, 0.5) is 0 Å². The molecule has 0 rings (SSSR count). The van der Waals surface area contributed by atoms with Gasteiger partial charge in [-0.15, -0.1) is 0 Å². The van der Waals surface area contributed by atoms with E-state index in [0.29, 0.717) is 12.0 Å². The van der Waals surface area contributed by atoms with Crippen LogP contribution in [0, 0.1) is 5.92 Å². The molecule has 1 nitrogen and oxygen atoms in total. The van der Waals surface area contributed by atoms with Crippen LogP contribution in [-0.4, -0.2) is 13.2 Å². The van der Waals surface area contributed by atoms with E-state index in [9.17, 15) is 0 Å². The van der Waals surface area contributed by atoms with Gasteiger partial charge in [0.25, 0.3) is 0 Å². The van der Waals surface area contributed by atoms with E-state index in [1.807, 2.05) is 0 Å². The molecule has 2 atom stereocenters. The molecule has 0 aromatic heterocycles. The highest BCUT2D eigenvalue weighted by molar-refractivity contribution is 5.17. The third-order valence-corrected chi connectivity index (χ3v) is 2.43. The summed E-state index contributed by atoms with van der Waals surface area (Å²) in [5, 5.41) is 0. The molecule has 0 saturated heterocycles. The minimum Gasteiger partial charge on any atom is -0.381 e. The summed E-state index contributed by atoms with van der Waals surface area (Å²) in [6.45, 7) is 8.67. The Morgan fingerprint density at radius 1 is 1.36 bits per heavy atom. The van der Waals surface area contributed by atoms with Crippen LogP contribution in [0.25, 0.3) is 0 Å². The molecule has 0 heterocycles. The van der Waals surface area contributed by atoms with Crippen molar-refractivity contribution in [3.8, 4) is 0 Å². The maximum absolute atomic E-state index is 5.40. The van der Waals surface area contributed by atoms with Gasteiger partial charge in [-0.1, -0.05) is 44.6 Å². The normalized spacial score (nSPS) is 17.4. The van der Waals surface area contributed by atoms with Crippen molar-refractivity contribution in [3.63, 3.8) is 0 Å². The highest BCUT2D eigenvalue weighted by Gasteiger charge is 2.11. The highest BCUT2D eigenvalue weighted by atomic mass is 16.5. The van der Waals surface area contributed by atoms with E-state index in [2.05, 4.69) is 45.9 Å². The summed E-state index contributed by atoms with van der Waals surface area (Å²) in [4.78, 5) is 0. The number of allylic oxidation sites excluding steroid dienone is 3. The lowest BCUT2D eigenvalue weighted by atomic mass is 9.99. The Labute approximate surface area is 88.9 Å². The fourth-order valence-electron chi connectivity index (χ4n) is 1.63. The number of rotatable bonds is 6. The van der Waals surface area contributed by atoms with Crippen LogP contribution >= 0.6 is 0 Å². The molecule has 0 aromatic carbocycles. The smallest absolute Gasteiger partial charge is 0.0628 e. The van der Waals surface area contributed by atoms with Gasteiger partial charge in [-0.2, -0.15) is 0 Å². The standard InChI is InChI=1S/C13H24O/c1-6-8-9-11(3)10-12(4)13(7-2)14-5/h8-10,12-13H,6-7H2,1-5H3/b9-8+,11-10+. The van der Waals surface area contributed by atoms with E-state index in [1.54, 1.807) is 7.11 Å². The zero-order valence-electron chi connectivity index (χ0n) is 10.2. The molecule has 0 aliphatic carbocycles. The molecule has 0 saturated carbocycles. The van der Waals surface area contributed by atoms with Gasteiger partial charge in [0, 0.05) is 13.0 Å². The third-order valence-electron chi connectivity index (χ3n) is 2.43. The molecule has 0 aromatic rings. The average Bonchev–Trinajstić information content (AvgIpc) is 2.16. The molecule has 0 fully saturated rings. The van der Waals surface area contributed by atoms with Crippen LogP contribution in [0.5, 0.6) is 0 Å². The van der Waals surface area contributed by atoms with Gasteiger partial charge in [0.15, 0.2) is 0 Å². The van der Waals surface area contributed by atoms with E-state index in [0.717, 1.165) is 12.8 Å². The first-order chi connectivity index (χ1) is 6.65. The van der Waals surface area contributed by atoms with Crippen molar-refractivity contribution in [1.29, 1.82) is 0 Å². The Morgan fingerprint density at radius 2 is 2.00 bits per heavy atom. The van der Waals surface area contributed by atoms with Crippen LogP contribution in [-0.2, 0) is 4.74 Å².